The number of hydrogen-bond donors (Lipinski definition) is 1. The molecule has 0 radical (unpaired) electrons. The zero-order valence-electron chi connectivity index (χ0n) is 15.5. The fourth-order valence-corrected chi connectivity index (χ4v) is 6.07. The van der Waals surface area contributed by atoms with Crippen LogP contribution in [0.4, 0.5) is 0 Å². The van der Waals surface area contributed by atoms with Crippen molar-refractivity contribution in [2.75, 3.05) is 26.2 Å². The van der Waals surface area contributed by atoms with Crippen molar-refractivity contribution in [3.8, 4) is 0 Å². The monoisotopic (exact) mass is 413 g/mol. The van der Waals surface area contributed by atoms with E-state index in [0.29, 0.717) is 18.7 Å². The fourth-order valence-electron chi connectivity index (χ4n) is 4.51. The Balaban J connectivity index is 0.00000210. The lowest BCUT2D eigenvalue weighted by Gasteiger charge is -2.28. The summed E-state index contributed by atoms with van der Waals surface area (Å²) < 4.78 is 27.4. The molecule has 0 aliphatic carbocycles. The van der Waals surface area contributed by atoms with E-state index in [4.69, 9.17) is 0 Å². The lowest BCUT2D eigenvalue weighted by Crippen LogP contribution is -2.42. The van der Waals surface area contributed by atoms with Crippen molar-refractivity contribution < 1.29 is 13.2 Å². The normalized spacial score (nSPS) is 26.3. The average Bonchev–Trinajstić information content (AvgIpc) is 2.94. The number of benzene rings is 1. The minimum Gasteiger partial charge on any atom is -0.331 e. The highest BCUT2D eigenvalue weighted by molar-refractivity contribution is 7.89. The molecule has 2 atom stereocenters. The van der Waals surface area contributed by atoms with Gasteiger partial charge in [-0.2, -0.15) is 4.31 Å². The van der Waals surface area contributed by atoms with Crippen LogP contribution in [0, 0.1) is 0 Å². The molecule has 1 N–H and O–H groups in total. The summed E-state index contributed by atoms with van der Waals surface area (Å²) in [6.45, 7) is 2.91. The van der Waals surface area contributed by atoms with Gasteiger partial charge in [0.05, 0.1) is 4.90 Å². The minimum atomic E-state index is -3.52. The lowest BCUT2D eigenvalue weighted by atomic mass is 10.1. The zero-order valence-corrected chi connectivity index (χ0v) is 17.1. The molecule has 8 heteroatoms. The van der Waals surface area contributed by atoms with Crippen LogP contribution in [-0.2, 0) is 10.0 Å². The number of nitrogens with one attached hydrogen (secondary N) is 1. The van der Waals surface area contributed by atoms with Crippen LogP contribution in [0.25, 0.3) is 0 Å². The van der Waals surface area contributed by atoms with Gasteiger partial charge in [-0.25, -0.2) is 8.42 Å². The first-order valence-electron chi connectivity index (χ1n) is 9.71. The van der Waals surface area contributed by atoms with E-state index in [0.717, 1.165) is 51.6 Å². The van der Waals surface area contributed by atoms with E-state index in [-0.39, 0.29) is 35.3 Å². The maximum absolute atomic E-state index is 13.2. The number of halogens is 1. The van der Waals surface area contributed by atoms with Crippen LogP contribution in [0.5, 0.6) is 0 Å². The van der Waals surface area contributed by atoms with Gasteiger partial charge in [-0.3, -0.25) is 4.79 Å². The first kappa shape index (κ1) is 20.6. The van der Waals surface area contributed by atoms with Gasteiger partial charge in [0.25, 0.3) is 5.91 Å². The molecule has 3 saturated heterocycles. The summed E-state index contributed by atoms with van der Waals surface area (Å²) in [7, 11) is -3.52. The summed E-state index contributed by atoms with van der Waals surface area (Å²) in [4.78, 5) is 15.4. The van der Waals surface area contributed by atoms with Crippen molar-refractivity contribution >= 4 is 28.3 Å². The second kappa shape index (κ2) is 8.47. The first-order chi connectivity index (χ1) is 12.6. The van der Waals surface area contributed by atoms with Gasteiger partial charge in [0.2, 0.25) is 10.0 Å². The van der Waals surface area contributed by atoms with Crippen LogP contribution in [-0.4, -0.2) is 61.8 Å². The first-order valence-corrected chi connectivity index (χ1v) is 11.1. The van der Waals surface area contributed by atoms with Gasteiger partial charge in [-0.15, -0.1) is 12.4 Å². The minimum absolute atomic E-state index is 0. The second-order valence-corrected chi connectivity index (χ2v) is 9.52. The molecule has 27 heavy (non-hydrogen) atoms. The molecule has 1 aromatic rings. The van der Waals surface area contributed by atoms with Gasteiger partial charge >= 0.3 is 0 Å². The van der Waals surface area contributed by atoms with E-state index in [1.54, 1.807) is 28.6 Å². The summed E-state index contributed by atoms with van der Waals surface area (Å²) >= 11 is 0. The van der Waals surface area contributed by atoms with Gasteiger partial charge < -0.3 is 10.2 Å². The summed E-state index contributed by atoms with van der Waals surface area (Å²) in [5.74, 6) is -0.0307. The second-order valence-electron chi connectivity index (χ2n) is 7.58. The zero-order chi connectivity index (χ0) is 18.1. The van der Waals surface area contributed by atoms with E-state index >= 15 is 0 Å². The number of sulfonamides is 1. The smallest absolute Gasteiger partial charge is 0.254 e. The number of nitrogens with zero attached hydrogens (tertiary/aromatic N) is 2. The molecular formula is C19H28ClN3O3S. The van der Waals surface area contributed by atoms with Gasteiger partial charge in [0, 0.05) is 37.3 Å². The number of fused-ring (bicyclic) bond motifs is 2. The van der Waals surface area contributed by atoms with E-state index < -0.39 is 10.0 Å². The summed E-state index contributed by atoms with van der Waals surface area (Å²) in [5, 5.41) is 3.40. The van der Waals surface area contributed by atoms with Crippen LogP contribution in [0.2, 0.25) is 0 Å². The van der Waals surface area contributed by atoms with Crippen molar-refractivity contribution in [1.29, 1.82) is 0 Å². The molecule has 3 fully saturated rings. The van der Waals surface area contributed by atoms with Crippen LogP contribution in [0.1, 0.15) is 48.9 Å². The Bertz CT molecular complexity index is 766. The Labute approximate surface area is 167 Å². The molecule has 3 aliphatic rings. The maximum atomic E-state index is 13.2. The predicted molar refractivity (Wildman–Crippen MR) is 107 cm³/mol. The highest BCUT2D eigenvalue weighted by atomic mass is 35.5. The third-order valence-electron chi connectivity index (χ3n) is 5.92. The van der Waals surface area contributed by atoms with Crippen LogP contribution in [0.3, 0.4) is 0 Å². The van der Waals surface area contributed by atoms with Gasteiger partial charge in [0.1, 0.15) is 0 Å². The summed E-state index contributed by atoms with van der Waals surface area (Å²) in [6, 6.07) is 7.11. The van der Waals surface area contributed by atoms with E-state index in [1.807, 2.05) is 4.90 Å². The van der Waals surface area contributed by atoms with Gasteiger partial charge in [-0.05, 0) is 56.8 Å². The molecule has 1 aromatic carbocycles. The highest BCUT2D eigenvalue weighted by Crippen LogP contribution is 2.30. The van der Waals surface area contributed by atoms with E-state index in [2.05, 4.69) is 5.32 Å². The third-order valence-corrected chi connectivity index (χ3v) is 7.82. The lowest BCUT2D eigenvalue weighted by molar-refractivity contribution is 0.0680. The standard InChI is InChI=1S/C19H27N3O3S.ClH/c23-19(22-16-7-8-17(22)14-20-10-9-16)15-5-4-6-18(13-15)26(24,25)21-11-2-1-3-12-21;/h4-6,13,16-17,20H,1-3,7-12,14H2;1H. The molecule has 0 aromatic heterocycles. The van der Waals surface area contributed by atoms with E-state index in [9.17, 15) is 13.2 Å². The molecule has 2 unspecified atom stereocenters. The molecule has 6 nitrogen and oxygen atoms in total. The third kappa shape index (κ3) is 4.01. The number of carbonyl (C=O) groups is 1. The fraction of sp³-hybridized carbons (Fsp3) is 0.632. The highest BCUT2D eigenvalue weighted by Gasteiger charge is 2.38. The molecule has 4 rings (SSSR count). The van der Waals surface area contributed by atoms with Crippen molar-refractivity contribution in [3.05, 3.63) is 29.8 Å². The Morgan fingerprint density at radius 1 is 1.04 bits per heavy atom. The number of piperidine rings is 1. The SMILES string of the molecule is Cl.O=C(c1cccc(S(=O)(=O)N2CCCCC2)c1)N1C2CCNCC1CC2. The van der Waals surface area contributed by atoms with Crippen molar-refractivity contribution in [2.45, 2.75) is 55.5 Å². The molecule has 3 heterocycles. The predicted octanol–water partition coefficient (Wildman–Crippen LogP) is 2.25. The van der Waals surface area contributed by atoms with Gasteiger partial charge in [0.15, 0.2) is 0 Å². The largest absolute Gasteiger partial charge is 0.331 e. The molecule has 0 spiro atoms. The molecule has 1 amide bonds. The maximum Gasteiger partial charge on any atom is 0.254 e. The molecular weight excluding hydrogens is 386 g/mol. The number of hydrogen-bond acceptors (Lipinski definition) is 4. The summed E-state index contributed by atoms with van der Waals surface area (Å²) in [6.07, 6.45) is 5.92. The Hall–Kier alpha value is -1.15. The molecule has 3 aliphatic heterocycles. The summed E-state index contributed by atoms with van der Waals surface area (Å²) in [5.41, 5.74) is 0.488. The van der Waals surface area contributed by atoms with Crippen molar-refractivity contribution in [1.82, 2.24) is 14.5 Å². The number of amides is 1. The topological polar surface area (TPSA) is 69.7 Å². The van der Waals surface area contributed by atoms with Crippen LogP contribution >= 0.6 is 12.4 Å². The van der Waals surface area contributed by atoms with Crippen molar-refractivity contribution in [2.24, 2.45) is 0 Å². The molecule has 0 saturated carbocycles. The van der Waals surface area contributed by atoms with Crippen LogP contribution in [0.15, 0.2) is 29.2 Å². The average molecular weight is 414 g/mol. The molecule has 2 bridgehead atoms. The quantitative estimate of drug-likeness (QED) is 0.825. The van der Waals surface area contributed by atoms with Crippen molar-refractivity contribution in [3.63, 3.8) is 0 Å². The molecule has 150 valence electrons. The Morgan fingerprint density at radius 2 is 1.78 bits per heavy atom. The number of carbonyl (C=O) groups excluding carboxylic acids is 1. The van der Waals surface area contributed by atoms with E-state index in [1.165, 1.54) is 0 Å². The number of rotatable bonds is 3. The Morgan fingerprint density at radius 3 is 2.56 bits per heavy atom. The Kier molecular flexibility index (Phi) is 6.46. The van der Waals surface area contributed by atoms with Crippen LogP contribution < -0.4 is 5.32 Å². The van der Waals surface area contributed by atoms with Gasteiger partial charge in [-0.1, -0.05) is 12.5 Å².